The van der Waals surface area contributed by atoms with E-state index in [1.165, 1.54) is 0 Å². The molecule has 0 saturated heterocycles. The molecule has 0 aromatic rings. The van der Waals surface area contributed by atoms with Gasteiger partial charge in [-0.1, -0.05) is 0 Å². The molecule has 0 aliphatic rings. The molecule has 1 N–H and O–H groups in total. The van der Waals surface area contributed by atoms with Gasteiger partial charge in [-0.2, -0.15) is 0 Å². The number of aliphatic hydroxyl groups is 1. The van der Waals surface area contributed by atoms with Crippen molar-refractivity contribution in [3.63, 3.8) is 0 Å². The van der Waals surface area contributed by atoms with Gasteiger partial charge < -0.3 is 5.11 Å². The van der Waals surface area contributed by atoms with Crippen molar-refractivity contribution in [2.24, 2.45) is 0 Å². The van der Waals surface area contributed by atoms with Crippen LogP contribution in [0.3, 0.4) is 0 Å². The van der Waals surface area contributed by atoms with Gasteiger partial charge in [-0.05, 0) is 45.2 Å². The lowest BCUT2D eigenvalue weighted by Gasteiger charge is -1.93. The topological polar surface area (TPSA) is 20.2 Å². The summed E-state index contributed by atoms with van der Waals surface area (Å²) in [4.78, 5) is 0. The third-order valence-electron chi connectivity index (χ3n) is 0.550. The van der Waals surface area contributed by atoms with Crippen LogP contribution in [0, 0.1) is 0 Å². The second kappa shape index (κ2) is 5.25. The quantitative estimate of drug-likeness (QED) is 0.593. The van der Waals surface area contributed by atoms with Gasteiger partial charge in [0.1, 0.15) is 0 Å². The van der Waals surface area contributed by atoms with Gasteiger partial charge in [0, 0.05) is 7.16 Å². The predicted molar refractivity (Wildman–Crippen MR) is 52.9 cm³/mol. The Balaban J connectivity index is 3.83. The van der Waals surface area contributed by atoms with Crippen LogP contribution in [0.2, 0.25) is 0 Å². The lowest BCUT2D eigenvalue weighted by Crippen LogP contribution is -1.84. The van der Waals surface area contributed by atoms with Gasteiger partial charge in [-0.3, -0.25) is 0 Å². The van der Waals surface area contributed by atoms with Crippen LogP contribution >= 0.6 is 56.8 Å². The number of hydrogen-bond acceptors (Lipinski definition) is 1. The van der Waals surface area contributed by atoms with E-state index in [-0.39, 0.29) is 6.61 Å². The monoisotopic (exact) mass is 358 g/mol. The summed E-state index contributed by atoms with van der Waals surface area (Å²) in [5.41, 5.74) is 0. The van der Waals surface area contributed by atoms with Crippen LogP contribution in [-0.4, -0.2) is 17.6 Å². The molecule has 0 aliphatic heterocycles. The van der Waals surface area contributed by atoms with Gasteiger partial charge in [0.2, 0.25) is 0 Å². The Bertz CT molecular complexity index is 90.2. The highest BCUT2D eigenvalue weighted by atomic mass is 127. The first kappa shape index (κ1) is 9.45. The van der Waals surface area contributed by atoms with Crippen LogP contribution < -0.4 is 0 Å². The number of allylic oxidation sites excluding steroid dienone is 1. The van der Waals surface area contributed by atoms with Gasteiger partial charge >= 0.3 is 0 Å². The van der Waals surface area contributed by atoms with Crippen molar-refractivity contribution in [2.45, 2.75) is 0 Å². The third-order valence-corrected chi connectivity index (χ3v) is 4.33. The predicted octanol–water partition coefficient (Wildman–Crippen LogP) is 2.30. The molecule has 48 valence electrons. The zero-order valence-electron chi connectivity index (χ0n) is 4.00. The van der Waals surface area contributed by atoms with Crippen molar-refractivity contribution >= 4 is 56.8 Å². The van der Waals surface area contributed by atoms with Gasteiger partial charge in [-0.15, -0.1) is 11.6 Å². The van der Waals surface area contributed by atoms with E-state index < -0.39 is 0 Å². The van der Waals surface area contributed by atoms with Gasteiger partial charge in [0.05, 0.1) is 12.5 Å². The average molecular weight is 358 g/mol. The first-order valence-corrected chi connectivity index (χ1v) is 4.61. The molecule has 1 nitrogen and oxygen atoms in total. The second-order valence-electron chi connectivity index (χ2n) is 1.10. The van der Waals surface area contributed by atoms with E-state index in [0.29, 0.717) is 5.88 Å². The summed E-state index contributed by atoms with van der Waals surface area (Å²) in [6, 6.07) is 0. The normalized spacial score (nSPS) is 13.5. The van der Waals surface area contributed by atoms with E-state index in [9.17, 15) is 0 Å². The van der Waals surface area contributed by atoms with E-state index in [2.05, 4.69) is 45.2 Å². The van der Waals surface area contributed by atoms with E-state index in [1.807, 2.05) is 0 Å². The zero-order chi connectivity index (χ0) is 6.57. The molecule has 0 radical (unpaired) electrons. The van der Waals surface area contributed by atoms with Crippen molar-refractivity contribution in [1.82, 2.24) is 0 Å². The highest BCUT2D eigenvalue weighted by Crippen LogP contribution is 2.18. The van der Waals surface area contributed by atoms with Crippen LogP contribution in [0.25, 0.3) is 0 Å². The fourth-order valence-corrected chi connectivity index (χ4v) is 0.906. The molecule has 0 rings (SSSR count). The second-order valence-corrected chi connectivity index (χ2v) is 3.97. The maximum absolute atomic E-state index is 8.51. The summed E-state index contributed by atoms with van der Waals surface area (Å²) in [7, 11) is 0. The molecule has 8 heavy (non-hydrogen) atoms. The van der Waals surface area contributed by atoms with E-state index in [4.69, 9.17) is 16.7 Å². The molecule has 0 aromatic heterocycles. The first-order valence-electron chi connectivity index (χ1n) is 1.92. The first-order chi connectivity index (χ1) is 3.72. The molecular formula is C4H5ClI2O. The standard InChI is InChI=1S/C4H5ClI2O/c5-1-3(6)4(7)2-8/h8H,1-2H2. The van der Waals surface area contributed by atoms with E-state index in [0.717, 1.165) is 7.16 Å². The molecule has 0 unspecified atom stereocenters. The summed E-state index contributed by atoms with van der Waals surface area (Å²) in [6.07, 6.45) is 0. The molecule has 0 atom stereocenters. The van der Waals surface area contributed by atoms with Crippen LogP contribution in [0.4, 0.5) is 0 Å². The Morgan fingerprint density at radius 1 is 1.38 bits per heavy atom. The van der Waals surface area contributed by atoms with Gasteiger partial charge in [0.15, 0.2) is 0 Å². The molecule has 4 heteroatoms. The number of hydrogen-bond donors (Lipinski definition) is 1. The van der Waals surface area contributed by atoms with E-state index in [1.54, 1.807) is 0 Å². The fourth-order valence-electron chi connectivity index (χ4n) is 0.158. The minimum absolute atomic E-state index is 0.103. The van der Waals surface area contributed by atoms with Gasteiger partial charge in [0.25, 0.3) is 0 Å². The summed E-state index contributed by atoms with van der Waals surface area (Å²) < 4.78 is 1.95. The summed E-state index contributed by atoms with van der Waals surface area (Å²) in [5, 5.41) is 8.51. The van der Waals surface area contributed by atoms with Crippen molar-refractivity contribution in [3.8, 4) is 0 Å². The summed E-state index contributed by atoms with van der Waals surface area (Å²) >= 11 is 9.63. The minimum Gasteiger partial charge on any atom is -0.391 e. The maximum Gasteiger partial charge on any atom is 0.0746 e. The van der Waals surface area contributed by atoms with Crippen LogP contribution in [0.15, 0.2) is 7.16 Å². The number of alkyl halides is 1. The zero-order valence-corrected chi connectivity index (χ0v) is 9.07. The molecule has 0 amide bonds. The lowest BCUT2D eigenvalue weighted by molar-refractivity contribution is 0.341. The average Bonchev–Trinajstić information content (AvgIpc) is 1.84. The Labute approximate surface area is 80.8 Å². The molecule has 0 heterocycles. The highest BCUT2D eigenvalue weighted by Gasteiger charge is 1.94. The maximum atomic E-state index is 8.51. The Hall–Kier alpha value is 1.45. The van der Waals surface area contributed by atoms with Crippen molar-refractivity contribution in [2.75, 3.05) is 12.5 Å². The largest absolute Gasteiger partial charge is 0.391 e. The molecule has 0 aromatic carbocycles. The van der Waals surface area contributed by atoms with Crippen molar-refractivity contribution in [3.05, 3.63) is 7.16 Å². The van der Waals surface area contributed by atoms with E-state index >= 15 is 0 Å². The summed E-state index contributed by atoms with van der Waals surface area (Å²) in [6.45, 7) is 0.103. The Kier molecular flexibility index (Phi) is 6.20. The third kappa shape index (κ3) is 3.47. The number of halogens is 3. The van der Waals surface area contributed by atoms with Crippen LogP contribution in [-0.2, 0) is 0 Å². The number of aliphatic hydroxyl groups excluding tert-OH is 1. The van der Waals surface area contributed by atoms with Gasteiger partial charge in [-0.25, -0.2) is 0 Å². The molecule has 0 spiro atoms. The van der Waals surface area contributed by atoms with Crippen LogP contribution in [0.1, 0.15) is 0 Å². The molecule has 0 aliphatic carbocycles. The number of rotatable bonds is 2. The highest BCUT2D eigenvalue weighted by molar-refractivity contribution is 14.1. The molecular weight excluding hydrogens is 353 g/mol. The molecule has 0 saturated carbocycles. The van der Waals surface area contributed by atoms with Crippen molar-refractivity contribution in [1.29, 1.82) is 0 Å². The van der Waals surface area contributed by atoms with Crippen molar-refractivity contribution < 1.29 is 5.11 Å². The SMILES string of the molecule is OCC(I)=C(I)CCl. The lowest BCUT2D eigenvalue weighted by atomic mass is 10.6. The Morgan fingerprint density at radius 3 is 2.00 bits per heavy atom. The minimum atomic E-state index is 0.103. The summed E-state index contributed by atoms with van der Waals surface area (Å²) in [5.74, 6) is 0.499. The Morgan fingerprint density at radius 2 is 1.88 bits per heavy atom. The van der Waals surface area contributed by atoms with Crippen LogP contribution in [0.5, 0.6) is 0 Å². The fraction of sp³-hybridized carbons (Fsp3) is 0.500. The molecule has 0 bridgehead atoms. The molecule has 0 fully saturated rings. The smallest absolute Gasteiger partial charge is 0.0746 e.